The minimum Gasteiger partial charge on any atom is -0.278 e. The van der Waals surface area contributed by atoms with E-state index in [0.717, 1.165) is 33.5 Å². The molecule has 0 unspecified atom stereocenters. The maximum Gasteiger partial charge on any atom is 0.235 e. The van der Waals surface area contributed by atoms with Crippen molar-refractivity contribution in [3.63, 3.8) is 0 Å². The van der Waals surface area contributed by atoms with E-state index in [1.807, 2.05) is 12.1 Å². The van der Waals surface area contributed by atoms with Crippen molar-refractivity contribution in [3.8, 4) is 39.6 Å². The zero-order valence-corrected chi connectivity index (χ0v) is 24.4. The van der Waals surface area contributed by atoms with E-state index in [1.165, 1.54) is 43.4 Å². The molecule has 0 aliphatic carbocycles. The molecule has 3 heteroatoms. The average molecular weight is 574 g/mol. The van der Waals surface area contributed by atoms with Crippen molar-refractivity contribution in [2.45, 2.75) is 0 Å². The summed E-state index contributed by atoms with van der Waals surface area (Å²) in [5, 5.41) is 7.33. The molecule has 0 fully saturated rings. The van der Waals surface area contributed by atoms with E-state index in [4.69, 9.17) is 9.97 Å². The van der Waals surface area contributed by atoms with Gasteiger partial charge in [-0.3, -0.25) is 4.57 Å². The summed E-state index contributed by atoms with van der Waals surface area (Å²) in [7, 11) is 0. The molecule has 0 spiro atoms. The van der Waals surface area contributed by atoms with Crippen molar-refractivity contribution in [3.05, 3.63) is 164 Å². The molecule has 9 aromatic rings. The van der Waals surface area contributed by atoms with Crippen LogP contribution in [0.2, 0.25) is 0 Å². The van der Waals surface area contributed by atoms with Crippen LogP contribution >= 0.6 is 0 Å². The van der Waals surface area contributed by atoms with E-state index in [1.54, 1.807) is 0 Å². The van der Waals surface area contributed by atoms with E-state index in [0.29, 0.717) is 5.95 Å². The van der Waals surface area contributed by atoms with E-state index in [-0.39, 0.29) is 0 Å². The fourth-order valence-electron chi connectivity index (χ4n) is 6.61. The lowest BCUT2D eigenvalue weighted by Gasteiger charge is -2.12. The second-order valence-electron chi connectivity index (χ2n) is 11.5. The normalized spacial score (nSPS) is 11.6. The lowest BCUT2D eigenvalue weighted by Crippen LogP contribution is -2.03. The van der Waals surface area contributed by atoms with Crippen LogP contribution in [0.3, 0.4) is 0 Å². The van der Waals surface area contributed by atoms with Gasteiger partial charge in [-0.25, -0.2) is 9.97 Å². The van der Waals surface area contributed by atoms with Gasteiger partial charge in [0, 0.05) is 21.9 Å². The number of benzene rings is 7. The minimum atomic E-state index is 0.661. The molecular formula is C42H27N3. The van der Waals surface area contributed by atoms with Crippen LogP contribution in [0.15, 0.2) is 164 Å². The van der Waals surface area contributed by atoms with Crippen molar-refractivity contribution in [1.82, 2.24) is 14.5 Å². The first-order valence-corrected chi connectivity index (χ1v) is 15.3. The highest BCUT2D eigenvalue weighted by Gasteiger charge is 2.18. The summed E-state index contributed by atoms with van der Waals surface area (Å²) >= 11 is 0. The Morgan fingerprint density at radius 1 is 0.356 bits per heavy atom. The molecule has 3 nitrogen and oxygen atoms in total. The topological polar surface area (TPSA) is 30.7 Å². The zero-order chi connectivity index (χ0) is 29.7. The molecule has 0 amide bonds. The van der Waals surface area contributed by atoms with Crippen molar-refractivity contribution in [2.24, 2.45) is 0 Å². The minimum absolute atomic E-state index is 0.661. The van der Waals surface area contributed by atoms with Crippen molar-refractivity contribution in [2.75, 3.05) is 0 Å². The van der Waals surface area contributed by atoms with Gasteiger partial charge < -0.3 is 0 Å². The predicted octanol–water partition coefficient (Wildman–Crippen LogP) is 10.9. The molecule has 0 saturated heterocycles. The van der Waals surface area contributed by atoms with Gasteiger partial charge in [-0.05, 0) is 63.0 Å². The third-order valence-corrected chi connectivity index (χ3v) is 8.79. The summed E-state index contributed by atoms with van der Waals surface area (Å²) < 4.78 is 2.22. The molecule has 45 heavy (non-hydrogen) atoms. The number of nitrogens with zero attached hydrogens (tertiary/aromatic N) is 3. The number of hydrogen-bond acceptors (Lipinski definition) is 2. The number of fused-ring (bicyclic) bond motifs is 6. The Morgan fingerprint density at radius 2 is 0.933 bits per heavy atom. The summed E-state index contributed by atoms with van der Waals surface area (Å²) in [5.41, 5.74) is 8.52. The highest BCUT2D eigenvalue weighted by atomic mass is 15.2. The van der Waals surface area contributed by atoms with Crippen LogP contribution in [0, 0.1) is 0 Å². The largest absolute Gasteiger partial charge is 0.278 e. The Kier molecular flexibility index (Phi) is 5.82. The van der Waals surface area contributed by atoms with E-state index in [2.05, 4.69) is 156 Å². The third-order valence-electron chi connectivity index (χ3n) is 8.79. The third kappa shape index (κ3) is 4.29. The zero-order valence-electron chi connectivity index (χ0n) is 24.4. The van der Waals surface area contributed by atoms with Gasteiger partial charge in [-0.15, -0.1) is 0 Å². The molecule has 2 heterocycles. The van der Waals surface area contributed by atoms with Gasteiger partial charge in [0.25, 0.3) is 0 Å². The van der Waals surface area contributed by atoms with Gasteiger partial charge in [0.1, 0.15) is 0 Å². The molecule has 0 aliphatic rings. The highest BCUT2D eigenvalue weighted by molar-refractivity contribution is 6.21. The van der Waals surface area contributed by atoms with E-state index < -0.39 is 0 Å². The molecular weight excluding hydrogens is 546 g/mol. The Morgan fingerprint density at radius 3 is 1.67 bits per heavy atom. The first-order valence-electron chi connectivity index (χ1n) is 15.3. The molecule has 0 N–H and O–H groups in total. The lowest BCUT2D eigenvalue weighted by atomic mass is 9.97. The maximum absolute atomic E-state index is 5.18. The summed E-state index contributed by atoms with van der Waals surface area (Å²) in [6, 6.07) is 57.9. The van der Waals surface area contributed by atoms with Crippen molar-refractivity contribution in [1.29, 1.82) is 0 Å². The summed E-state index contributed by atoms with van der Waals surface area (Å²) in [4.78, 5) is 10.4. The van der Waals surface area contributed by atoms with Gasteiger partial charge >= 0.3 is 0 Å². The Balaban J connectivity index is 1.28. The monoisotopic (exact) mass is 573 g/mol. The first kappa shape index (κ1) is 25.4. The van der Waals surface area contributed by atoms with Crippen LogP contribution in [0.1, 0.15) is 0 Å². The van der Waals surface area contributed by atoms with Crippen LogP contribution in [0.5, 0.6) is 0 Å². The maximum atomic E-state index is 5.18. The van der Waals surface area contributed by atoms with Crippen LogP contribution in [-0.4, -0.2) is 14.5 Å². The molecule has 2 aromatic heterocycles. The SMILES string of the molecule is c1ccc(-c2cc(-c3ccccc3)nc(-n3c4ccccc4c4c5ccc(-c6ccc7ccccc7c6)cc5ccc43)n2)cc1. The second-order valence-corrected chi connectivity index (χ2v) is 11.5. The second kappa shape index (κ2) is 10.3. The summed E-state index contributed by atoms with van der Waals surface area (Å²) in [6.45, 7) is 0. The molecule has 0 atom stereocenters. The molecule has 7 aromatic carbocycles. The Bertz CT molecular complexity index is 2470. The number of para-hydroxylation sites is 1. The smallest absolute Gasteiger partial charge is 0.235 e. The van der Waals surface area contributed by atoms with Crippen LogP contribution < -0.4 is 0 Å². The van der Waals surface area contributed by atoms with Crippen LogP contribution in [0.25, 0.3) is 82.9 Å². The standard InChI is InChI=1S/C42H27N3/c1-3-12-29(13-4-1)37-27-38(30-14-5-2-6-15-30)44-42(43-37)45-39-18-10-9-17-36(39)41-35-23-21-33(26-34(35)22-24-40(41)45)32-20-19-28-11-7-8-16-31(28)25-32/h1-27H. The molecule has 0 bridgehead atoms. The van der Waals surface area contributed by atoms with Crippen molar-refractivity contribution < 1.29 is 0 Å². The fourth-order valence-corrected chi connectivity index (χ4v) is 6.61. The van der Waals surface area contributed by atoms with E-state index >= 15 is 0 Å². The Labute approximate surface area is 260 Å². The average Bonchev–Trinajstić information content (AvgIpc) is 3.46. The van der Waals surface area contributed by atoms with Crippen molar-refractivity contribution >= 4 is 43.4 Å². The molecule has 0 aliphatic heterocycles. The predicted molar refractivity (Wildman–Crippen MR) is 188 cm³/mol. The quantitative estimate of drug-likeness (QED) is 0.210. The lowest BCUT2D eigenvalue weighted by molar-refractivity contribution is 0.996. The van der Waals surface area contributed by atoms with Crippen LogP contribution in [0.4, 0.5) is 0 Å². The number of rotatable bonds is 4. The Hall–Kier alpha value is -6.06. The van der Waals surface area contributed by atoms with Crippen LogP contribution in [-0.2, 0) is 0 Å². The molecule has 0 saturated carbocycles. The number of hydrogen-bond donors (Lipinski definition) is 0. The highest BCUT2D eigenvalue weighted by Crippen LogP contribution is 2.38. The molecule has 9 rings (SSSR count). The first-order chi connectivity index (χ1) is 22.3. The van der Waals surface area contributed by atoms with Gasteiger partial charge in [0.15, 0.2) is 0 Å². The van der Waals surface area contributed by atoms with Gasteiger partial charge in [0.2, 0.25) is 5.95 Å². The fraction of sp³-hybridized carbons (Fsp3) is 0. The van der Waals surface area contributed by atoms with Gasteiger partial charge in [0.05, 0.1) is 22.4 Å². The van der Waals surface area contributed by atoms with Gasteiger partial charge in [-0.2, -0.15) is 0 Å². The molecule has 210 valence electrons. The molecule has 0 radical (unpaired) electrons. The summed E-state index contributed by atoms with van der Waals surface area (Å²) in [6.07, 6.45) is 0. The van der Waals surface area contributed by atoms with Gasteiger partial charge in [-0.1, -0.05) is 133 Å². The number of aromatic nitrogens is 3. The van der Waals surface area contributed by atoms with E-state index in [9.17, 15) is 0 Å². The summed E-state index contributed by atoms with van der Waals surface area (Å²) in [5.74, 6) is 0.661.